The molecular formula is C17H19N3O5S2. The summed E-state index contributed by atoms with van der Waals surface area (Å²) in [5, 5.41) is 10.2. The average molecular weight is 409 g/mol. The van der Waals surface area contributed by atoms with Crippen molar-refractivity contribution in [3.05, 3.63) is 34.4 Å². The first-order valence-corrected chi connectivity index (χ1v) is 9.77. The van der Waals surface area contributed by atoms with Crippen molar-refractivity contribution in [2.45, 2.75) is 37.7 Å². The van der Waals surface area contributed by atoms with Gasteiger partial charge in [-0.25, -0.2) is 4.90 Å². The maximum absolute atomic E-state index is 12.7. The normalized spacial score (nSPS) is 25.8. The largest absolute Gasteiger partial charge is 0.372 e. The van der Waals surface area contributed by atoms with Crippen molar-refractivity contribution < 1.29 is 19.2 Å². The number of amides is 2. The lowest BCUT2D eigenvalue weighted by Gasteiger charge is -2.36. The number of thioether (sulfide) groups is 1. The molecule has 0 unspecified atom stereocenters. The van der Waals surface area contributed by atoms with E-state index in [0.29, 0.717) is 23.1 Å². The van der Waals surface area contributed by atoms with Crippen LogP contribution in [0.1, 0.15) is 20.3 Å². The van der Waals surface area contributed by atoms with Crippen LogP contribution in [0.2, 0.25) is 0 Å². The second-order valence-electron chi connectivity index (χ2n) is 6.58. The fraction of sp³-hybridized carbons (Fsp3) is 0.471. The minimum atomic E-state index is -0.589. The summed E-state index contributed by atoms with van der Waals surface area (Å²) >= 11 is 6.70. The van der Waals surface area contributed by atoms with Crippen molar-refractivity contribution in [2.75, 3.05) is 18.0 Å². The van der Waals surface area contributed by atoms with Gasteiger partial charge in [0.25, 0.3) is 5.69 Å². The molecule has 0 bridgehead atoms. The standard InChI is InChI=1S/C17H19N3O5S2/c1-10-8-18(9-11(2)25-10)17(26)27-14-7-15(21)19(16(14)22)12-3-5-13(6-4-12)20(23)24/h3-6,10-11,14H,7-9H2,1-2H3/t10-,11-,14-/m1/s1. The summed E-state index contributed by atoms with van der Waals surface area (Å²) < 4.78 is 6.27. The van der Waals surface area contributed by atoms with Gasteiger partial charge < -0.3 is 9.64 Å². The molecule has 0 radical (unpaired) electrons. The van der Waals surface area contributed by atoms with Crippen LogP contribution < -0.4 is 4.90 Å². The van der Waals surface area contributed by atoms with Gasteiger partial charge in [-0.3, -0.25) is 19.7 Å². The highest BCUT2D eigenvalue weighted by Gasteiger charge is 2.41. The molecule has 10 heteroatoms. The van der Waals surface area contributed by atoms with Crippen LogP contribution in [0.5, 0.6) is 0 Å². The van der Waals surface area contributed by atoms with Crippen LogP contribution in [0.15, 0.2) is 24.3 Å². The predicted octanol–water partition coefficient (Wildman–Crippen LogP) is 2.35. The highest BCUT2D eigenvalue weighted by atomic mass is 32.2. The SMILES string of the molecule is C[C@@H]1CN(C(=S)S[C@@H]2CC(=O)N(c3ccc([N+](=O)[O-])cc3)C2=O)C[C@@H](C)O1. The van der Waals surface area contributed by atoms with E-state index in [1.54, 1.807) is 0 Å². The summed E-state index contributed by atoms with van der Waals surface area (Å²) in [5.41, 5.74) is 0.235. The highest BCUT2D eigenvalue weighted by Crippen LogP contribution is 2.32. The highest BCUT2D eigenvalue weighted by molar-refractivity contribution is 8.23. The Morgan fingerprint density at radius 3 is 2.37 bits per heavy atom. The van der Waals surface area contributed by atoms with E-state index in [0.717, 1.165) is 4.90 Å². The molecule has 2 aliphatic rings. The van der Waals surface area contributed by atoms with Gasteiger partial charge in [-0.15, -0.1) is 0 Å². The van der Waals surface area contributed by atoms with Gasteiger partial charge in [0.2, 0.25) is 11.8 Å². The summed E-state index contributed by atoms with van der Waals surface area (Å²) in [7, 11) is 0. The number of anilines is 1. The fourth-order valence-electron chi connectivity index (χ4n) is 3.21. The molecule has 2 fully saturated rings. The number of nitro benzene ring substituents is 1. The molecule has 1 aromatic carbocycles. The third kappa shape index (κ3) is 4.28. The van der Waals surface area contributed by atoms with Gasteiger partial charge in [0, 0.05) is 31.6 Å². The number of imide groups is 1. The molecule has 2 aliphatic heterocycles. The van der Waals surface area contributed by atoms with Crippen LogP contribution in [-0.2, 0) is 14.3 Å². The summed E-state index contributed by atoms with van der Waals surface area (Å²) in [6.45, 7) is 5.24. The third-order valence-electron chi connectivity index (χ3n) is 4.34. The Morgan fingerprint density at radius 2 is 1.81 bits per heavy atom. The molecule has 0 aliphatic carbocycles. The lowest BCUT2D eigenvalue weighted by molar-refractivity contribution is -0.384. The van der Waals surface area contributed by atoms with E-state index in [-0.39, 0.29) is 36.1 Å². The van der Waals surface area contributed by atoms with Crippen molar-refractivity contribution in [3.8, 4) is 0 Å². The quantitative estimate of drug-likeness (QED) is 0.325. The van der Waals surface area contributed by atoms with Crippen LogP contribution >= 0.6 is 24.0 Å². The third-order valence-corrected chi connectivity index (χ3v) is 6.00. The molecule has 1 aromatic rings. The molecular weight excluding hydrogens is 390 g/mol. The monoisotopic (exact) mass is 409 g/mol. The predicted molar refractivity (Wildman–Crippen MR) is 106 cm³/mol. The van der Waals surface area contributed by atoms with Crippen molar-refractivity contribution in [1.29, 1.82) is 0 Å². The summed E-state index contributed by atoms with van der Waals surface area (Å²) in [6.07, 6.45) is 0.144. The van der Waals surface area contributed by atoms with Crippen LogP contribution in [0.3, 0.4) is 0 Å². The minimum Gasteiger partial charge on any atom is -0.372 e. The molecule has 0 spiro atoms. The number of carbonyl (C=O) groups excluding carboxylic acids is 2. The maximum Gasteiger partial charge on any atom is 0.269 e. The number of nitro groups is 1. The Kier molecular flexibility index (Phi) is 5.78. The number of benzene rings is 1. The number of ether oxygens (including phenoxy) is 1. The second kappa shape index (κ2) is 7.91. The van der Waals surface area contributed by atoms with E-state index < -0.39 is 10.2 Å². The Bertz CT molecular complexity index is 775. The molecule has 3 atom stereocenters. The molecule has 0 N–H and O–H groups in total. The minimum absolute atomic E-state index is 0.0461. The van der Waals surface area contributed by atoms with Crippen molar-refractivity contribution >= 4 is 51.5 Å². The van der Waals surface area contributed by atoms with Crippen LogP contribution in [-0.4, -0.2) is 56.5 Å². The smallest absolute Gasteiger partial charge is 0.269 e. The van der Waals surface area contributed by atoms with Crippen molar-refractivity contribution in [2.24, 2.45) is 0 Å². The lowest BCUT2D eigenvalue weighted by Crippen LogP contribution is -2.47. The van der Waals surface area contributed by atoms with Gasteiger partial charge in [-0.1, -0.05) is 24.0 Å². The number of carbonyl (C=O) groups is 2. The van der Waals surface area contributed by atoms with Gasteiger partial charge in [0.05, 0.1) is 22.8 Å². The van der Waals surface area contributed by atoms with Crippen LogP contribution in [0.4, 0.5) is 11.4 Å². The zero-order chi connectivity index (χ0) is 19.7. The maximum atomic E-state index is 12.7. The number of morpholine rings is 1. The molecule has 0 saturated carbocycles. The molecule has 144 valence electrons. The molecule has 3 rings (SSSR count). The Morgan fingerprint density at radius 1 is 1.22 bits per heavy atom. The van der Waals surface area contributed by atoms with E-state index in [1.165, 1.54) is 36.0 Å². The second-order valence-corrected chi connectivity index (χ2v) is 8.42. The number of hydrogen-bond donors (Lipinski definition) is 0. The number of thiocarbonyl (C=S) groups is 1. The number of nitrogens with zero attached hydrogens (tertiary/aromatic N) is 3. The Hall–Kier alpha value is -2.04. The first-order chi connectivity index (χ1) is 12.8. The molecule has 2 saturated heterocycles. The topological polar surface area (TPSA) is 93.0 Å². The van der Waals surface area contributed by atoms with Gasteiger partial charge in [-0.05, 0) is 26.0 Å². The van der Waals surface area contributed by atoms with Crippen molar-refractivity contribution in [3.63, 3.8) is 0 Å². The zero-order valence-electron chi connectivity index (χ0n) is 14.9. The zero-order valence-corrected chi connectivity index (χ0v) is 16.5. The first-order valence-electron chi connectivity index (χ1n) is 8.48. The Balaban J connectivity index is 1.68. The number of rotatable bonds is 3. The van der Waals surface area contributed by atoms with Gasteiger partial charge in [0.1, 0.15) is 9.57 Å². The number of non-ortho nitro benzene ring substituents is 1. The first kappa shape index (κ1) is 19.7. The molecule has 8 nitrogen and oxygen atoms in total. The Labute approximate surface area is 166 Å². The van der Waals surface area contributed by atoms with Crippen LogP contribution in [0, 0.1) is 10.1 Å². The summed E-state index contributed by atoms with van der Waals surface area (Å²) in [5.74, 6) is -0.687. The molecule has 2 amide bonds. The summed E-state index contributed by atoms with van der Waals surface area (Å²) in [4.78, 5) is 38.4. The fourth-order valence-corrected chi connectivity index (χ4v) is 4.69. The van der Waals surface area contributed by atoms with E-state index in [1.807, 2.05) is 18.7 Å². The van der Waals surface area contributed by atoms with Crippen molar-refractivity contribution in [1.82, 2.24) is 4.90 Å². The molecule has 0 aromatic heterocycles. The lowest BCUT2D eigenvalue weighted by atomic mass is 10.2. The van der Waals surface area contributed by atoms with Gasteiger partial charge >= 0.3 is 0 Å². The average Bonchev–Trinajstić information content (AvgIpc) is 2.87. The van der Waals surface area contributed by atoms with E-state index in [4.69, 9.17) is 17.0 Å². The van der Waals surface area contributed by atoms with E-state index in [2.05, 4.69) is 0 Å². The molecule has 2 heterocycles. The van der Waals surface area contributed by atoms with Gasteiger partial charge in [0.15, 0.2) is 0 Å². The molecule has 27 heavy (non-hydrogen) atoms. The van der Waals surface area contributed by atoms with Crippen LogP contribution in [0.25, 0.3) is 0 Å². The van der Waals surface area contributed by atoms with Gasteiger partial charge in [-0.2, -0.15) is 0 Å². The van der Waals surface area contributed by atoms with E-state index in [9.17, 15) is 19.7 Å². The number of hydrogen-bond acceptors (Lipinski definition) is 7. The van der Waals surface area contributed by atoms with E-state index >= 15 is 0 Å². The summed E-state index contributed by atoms with van der Waals surface area (Å²) in [6, 6.07) is 5.37.